The molecule has 1 aromatic heterocycles. The van der Waals surface area contributed by atoms with Crippen LogP contribution in [0.5, 0.6) is 0 Å². The van der Waals surface area contributed by atoms with Crippen molar-refractivity contribution in [1.82, 2.24) is 19.9 Å². The number of carbonyl (C=O) groups excluding carboxylic acids is 1. The van der Waals surface area contributed by atoms with Crippen molar-refractivity contribution in [1.29, 1.82) is 0 Å². The number of esters is 1. The van der Waals surface area contributed by atoms with E-state index in [0.717, 1.165) is 24.1 Å². The third kappa shape index (κ3) is 3.37. The highest BCUT2D eigenvalue weighted by molar-refractivity contribution is 5.78. The van der Waals surface area contributed by atoms with E-state index in [4.69, 9.17) is 4.74 Å². The molecule has 6 nitrogen and oxygen atoms in total. The normalized spacial score (nSPS) is 18.2. The van der Waals surface area contributed by atoms with Crippen LogP contribution >= 0.6 is 0 Å². The van der Waals surface area contributed by atoms with Gasteiger partial charge in [-0.15, -0.1) is 5.10 Å². The van der Waals surface area contributed by atoms with Gasteiger partial charge in [0.1, 0.15) is 5.52 Å². The van der Waals surface area contributed by atoms with Crippen LogP contribution in [0.15, 0.2) is 24.3 Å². The largest absolute Gasteiger partial charge is 0.465 e. The maximum Gasteiger partial charge on any atom is 0.314 e. The van der Waals surface area contributed by atoms with E-state index < -0.39 is 5.41 Å². The fourth-order valence-electron chi connectivity index (χ4n) is 3.28. The van der Waals surface area contributed by atoms with Gasteiger partial charge < -0.3 is 9.64 Å². The second-order valence-corrected chi connectivity index (χ2v) is 6.50. The Kier molecular flexibility index (Phi) is 4.61. The second-order valence-electron chi connectivity index (χ2n) is 6.50. The van der Waals surface area contributed by atoms with Gasteiger partial charge in [-0.25, -0.2) is 4.68 Å². The van der Waals surface area contributed by atoms with Crippen LogP contribution < -0.4 is 0 Å². The molecule has 124 valence electrons. The number of benzene rings is 1. The molecule has 0 N–H and O–H groups in total. The molecule has 0 aliphatic carbocycles. The number of likely N-dealkylation sites (tertiary alicyclic amines) is 1. The molecule has 0 bridgehead atoms. The van der Waals surface area contributed by atoms with Gasteiger partial charge in [-0.1, -0.05) is 17.3 Å². The Hall–Kier alpha value is -1.95. The van der Waals surface area contributed by atoms with Crippen molar-refractivity contribution in [3.8, 4) is 0 Å². The third-order valence-corrected chi connectivity index (χ3v) is 4.46. The molecule has 1 aliphatic rings. The number of para-hydroxylation sites is 1. The topological polar surface area (TPSA) is 60.2 Å². The number of hydrogen-bond donors (Lipinski definition) is 0. The summed E-state index contributed by atoms with van der Waals surface area (Å²) in [4.78, 5) is 14.9. The van der Waals surface area contributed by atoms with Crippen molar-refractivity contribution in [2.75, 3.05) is 26.2 Å². The molecule has 1 fully saturated rings. The molecule has 0 radical (unpaired) electrons. The average Bonchev–Trinajstić information content (AvgIpc) is 3.18. The minimum absolute atomic E-state index is 0.161. The van der Waals surface area contributed by atoms with Crippen LogP contribution in [0.25, 0.3) is 11.0 Å². The Labute approximate surface area is 136 Å². The zero-order valence-corrected chi connectivity index (χ0v) is 13.9. The van der Waals surface area contributed by atoms with Crippen molar-refractivity contribution in [3.05, 3.63) is 24.3 Å². The quantitative estimate of drug-likeness (QED) is 0.764. The SMILES string of the molecule is CCOC(=O)C(C)(CN1CCCC1)Cn1nnc2ccccc21. The van der Waals surface area contributed by atoms with Gasteiger partial charge in [0.2, 0.25) is 0 Å². The lowest BCUT2D eigenvalue weighted by molar-refractivity contribution is -0.156. The van der Waals surface area contributed by atoms with Crippen LogP contribution in [-0.4, -0.2) is 52.1 Å². The zero-order valence-electron chi connectivity index (χ0n) is 13.9. The van der Waals surface area contributed by atoms with Gasteiger partial charge in [0.05, 0.1) is 24.1 Å². The van der Waals surface area contributed by atoms with Gasteiger partial charge >= 0.3 is 5.97 Å². The monoisotopic (exact) mass is 316 g/mol. The van der Waals surface area contributed by atoms with Gasteiger partial charge in [-0.3, -0.25) is 4.79 Å². The summed E-state index contributed by atoms with van der Waals surface area (Å²) in [7, 11) is 0. The van der Waals surface area contributed by atoms with Crippen LogP contribution in [0.1, 0.15) is 26.7 Å². The number of fused-ring (bicyclic) bond motifs is 1. The molecule has 1 aliphatic heterocycles. The summed E-state index contributed by atoms with van der Waals surface area (Å²) < 4.78 is 7.17. The van der Waals surface area contributed by atoms with Crippen LogP contribution in [-0.2, 0) is 16.1 Å². The van der Waals surface area contributed by atoms with Gasteiger partial charge in [0.15, 0.2) is 0 Å². The minimum atomic E-state index is -0.628. The lowest BCUT2D eigenvalue weighted by atomic mass is 9.89. The second kappa shape index (κ2) is 6.66. The van der Waals surface area contributed by atoms with E-state index in [9.17, 15) is 4.79 Å². The van der Waals surface area contributed by atoms with Crippen molar-refractivity contribution < 1.29 is 9.53 Å². The molecule has 1 atom stereocenters. The summed E-state index contributed by atoms with van der Waals surface area (Å²) in [6.07, 6.45) is 2.40. The molecular weight excluding hydrogens is 292 g/mol. The minimum Gasteiger partial charge on any atom is -0.465 e. The lowest BCUT2D eigenvalue weighted by Crippen LogP contribution is -2.44. The fourth-order valence-corrected chi connectivity index (χ4v) is 3.28. The van der Waals surface area contributed by atoms with E-state index in [1.54, 1.807) is 0 Å². The molecular formula is C17H24N4O2. The van der Waals surface area contributed by atoms with E-state index in [1.807, 2.05) is 42.8 Å². The summed E-state index contributed by atoms with van der Waals surface area (Å²) in [6.45, 7) is 7.48. The number of nitrogens with zero attached hydrogens (tertiary/aromatic N) is 4. The molecule has 3 rings (SSSR count). The zero-order chi connectivity index (χ0) is 16.3. The first kappa shape index (κ1) is 15.9. The van der Waals surface area contributed by atoms with Gasteiger partial charge in [-0.2, -0.15) is 0 Å². The first-order chi connectivity index (χ1) is 11.1. The van der Waals surface area contributed by atoms with Gasteiger partial charge in [0.25, 0.3) is 0 Å². The molecule has 0 amide bonds. The van der Waals surface area contributed by atoms with Crippen molar-refractivity contribution in [3.63, 3.8) is 0 Å². The van der Waals surface area contributed by atoms with Gasteiger partial charge in [-0.05, 0) is 51.9 Å². The van der Waals surface area contributed by atoms with Crippen LogP contribution in [0.4, 0.5) is 0 Å². The fraction of sp³-hybridized carbons (Fsp3) is 0.588. The number of hydrogen-bond acceptors (Lipinski definition) is 5. The van der Waals surface area contributed by atoms with Crippen molar-refractivity contribution in [2.45, 2.75) is 33.2 Å². The average molecular weight is 316 g/mol. The number of carbonyl (C=O) groups is 1. The maximum atomic E-state index is 12.6. The molecule has 23 heavy (non-hydrogen) atoms. The Bertz CT molecular complexity index is 678. The molecule has 0 saturated carbocycles. The van der Waals surface area contributed by atoms with E-state index >= 15 is 0 Å². The van der Waals surface area contributed by atoms with Crippen LogP contribution in [0, 0.1) is 5.41 Å². The Morgan fingerprint density at radius 3 is 2.74 bits per heavy atom. The first-order valence-electron chi connectivity index (χ1n) is 8.30. The van der Waals surface area contributed by atoms with Crippen LogP contribution in [0.3, 0.4) is 0 Å². The predicted molar refractivity (Wildman–Crippen MR) is 87.9 cm³/mol. The molecule has 6 heteroatoms. The van der Waals surface area contributed by atoms with Crippen molar-refractivity contribution in [2.24, 2.45) is 5.41 Å². The van der Waals surface area contributed by atoms with E-state index in [0.29, 0.717) is 19.7 Å². The third-order valence-electron chi connectivity index (χ3n) is 4.46. The first-order valence-corrected chi connectivity index (χ1v) is 8.30. The molecule has 2 aromatic rings. The summed E-state index contributed by atoms with van der Waals surface area (Å²) >= 11 is 0. The smallest absolute Gasteiger partial charge is 0.314 e. The van der Waals surface area contributed by atoms with Gasteiger partial charge in [0, 0.05) is 6.54 Å². The number of rotatable bonds is 6. The Balaban J connectivity index is 1.86. The van der Waals surface area contributed by atoms with E-state index in [2.05, 4.69) is 15.2 Å². The Morgan fingerprint density at radius 1 is 1.26 bits per heavy atom. The number of ether oxygens (including phenoxy) is 1. The lowest BCUT2D eigenvalue weighted by Gasteiger charge is -2.31. The van der Waals surface area contributed by atoms with E-state index in [-0.39, 0.29) is 5.97 Å². The summed E-state index contributed by atoms with van der Waals surface area (Å²) in [5, 5.41) is 8.42. The van der Waals surface area contributed by atoms with Crippen LogP contribution in [0.2, 0.25) is 0 Å². The molecule has 0 spiro atoms. The summed E-state index contributed by atoms with van der Waals surface area (Å²) in [5.74, 6) is -0.161. The Morgan fingerprint density at radius 2 is 2.00 bits per heavy atom. The van der Waals surface area contributed by atoms with Crippen molar-refractivity contribution >= 4 is 17.0 Å². The summed E-state index contributed by atoms with van der Waals surface area (Å²) in [5.41, 5.74) is 1.17. The highest BCUT2D eigenvalue weighted by Crippen LogP contribution is 2.26. The van der Waals surface area contributed by atoms with E-state index in [1.165, 1.54) is 12.8 Å². The molecule has 2 heterocycles. The highest BCUT2D eigenvalue weighted by Gasteiger charge is 2.38. The molecule has 1 unspecified atom stereocenters. The maximum absolute atomic E-state index is 12.6. The standard InChI is InChI=1S/C17H24N4O2/c1-3-23-16(22)17(2,12-20-10-6-7-11-20)13-21-15-9-5-4-8-14(15)18-19-21/h4-5,8-9H,3,6-7,10-13H2,1-2H3. The highest BCUT2D eigenvalue weighted by atomic mass is 16.5. The number of aromatic nitrogens is 3. The molecule has 1 saturated heterocycles. The predicted octanol–water partition coefficient (Wildman–Crippen LogP) is 2.10. The summed E-state index contributed by atoms with van der Waals surface area (Å²) in [6, 6.07) is 7.82. The molecule has 1 aromatic carbocycles.